The van der Waals surface area contributed by atoms with Crippen LogP contribution in [0.1, 0.15) is 5.69 Å². The van der Waals surface area contributed by atoms with E-state index in [1.807, 2.05) is 30.3 Å². The summed E-state index contributed by atoms with van der Waals surface area (Å²) in [6.45, 7) is -0.746. The van der Waals surface area contributed by atoms with Crippen LogP contribution in [0.3, 0.4) is 0 Å². The number of hydrogen-bond acceptors (Lipinski definition) is 3. The standard InChI is InChI=1S/C16H14FN3O2S/c17-11-13-10-15(12-6-2-1-3-7-12)20(19-13)14-8-4-5-9-16(14)23(18,21)22/h1-10H,11H2,(H2,18,21,22). The van der Waals surface area contributed by atoms with Crippen molar-refractivity contribution >= 4 is 10.0 Å². The van der Waals surface area contributed by atoms with Crippen LogP contribution in [0.5, 0.6) is 0 Å². The topological polar surface area (TPSA) is 78.0 Å². The Labute approximate surface area is 133 Å². The van der Waals surface area contributed by atoms with Gasteiger partial charge < -0.3 is 0 Å². The molecule has 5 nitrogen and oxygen atoms in total. The molecule has 0 spiro atoms. The number of para-hydroxylation sites is 1. The Morgan fingerprint density at radius 1 is 1.04 bits per heavy atom. The number of aromatic nitrogens is 2. The van der Waals surface area contributed by atoms with Crippen molar-refractivity contribution in [1.82, 2.24) is 9.78 Å². The number of halogens is 1. The summed E-state index contributed by atoms with van der Waals surface area (Å²) in [6.07, 6.45) is 0. The maximum Gasteiger partial charge on any atom is 0.240 e. The molecule has 0 bridgehead atoms. The highest BCUT2D eigenvalue weighted by atomic mass is 32.2. The van der Waals surface area contributed by atoms with Gasteiger partial charge in [-0.25, -0.2) is 22.6 Å². The van der Waals surface area contributed by atoms with Gasteiger partial charge in [0.25, 0.3) is 0 Å². The van der Waals surface area contributed by atoms with E-state index >= 15 is 0 Å². The molecule has 0 fully saturated rings. The van der Waals surface area contributed by atoms with E-state index < -0.39 is 16.7 Å². The third-order valence-corrected chi connectivity index (χ3v) is 4.32. The zero-order chi connectivity index (χ0) is 16.4. The molecule has 0 aliphatic carbocycles. The van der Waals surface area contributed by atoms with Gasteiger partial charge in [0.05, 0.1) is 17.1 Å². The predicted octanol–water partition coefficient (Wildman–Crippen LogP) is 2.66. The van der Waals surface area contributed by atoms with Crippen molar-refractivity contribution in [1.29, 1.82) is 0 Å². The fraction of sp³-hybridized carbons (Fsp3) is 0.0625. The second-order valence-corrected chi connectivity index (χ2v) is 6.47. The monoisotopic (exact) mass is 331 g/mol. The summed E-state index contributed by atoms with van der Waals surface area (Å²) in [7, 11) is -3.93. The normalized spacial score (nSPS) is 11.6. The number of alkyl halides is 1. The Balaban J connectivity index is 2.28. The fourth-order valence-corrected chi connectivity index (χ4v) is 3.08. The van der Waals surface area contributed by atoms with E-state index in [4.69, 9.17) is 5.14 Å². The van der Waals surface area contributed by atoms with Crippen molar-refractivity contribution < 1.29 is 12.8 Å². The number of sulfonamides is 1. The largest absolute Gasteiger partial charge is 0.244 e. The second-order valence-electron chi connectivity index (χ2n) is 4.95. The van der Waals surface area contributed by atoms with Crippen LogP contribution < -0.4 is 5.14 Å². The summed E-state index contributed by atoms with van der Waals surface area (Å²) in [6, 6.07) is 17.1. The molecule has 2 aromatic carbocycles. The second kappa shape index (κ2) is 5.94. The molecule has 0 saturated carbocycles. The van der Waals surface area contributed by atoms with Gasteiger partial charge in [0.1, 0.15) is 11.6 Å². The van der Waals surface area contributed by atoms with Gasteiger partial charge in [0.15, 0.2) is 0 Å². The molecule has 3 rings (SSSR count). The van der Waals surface area contributed by atoms with E-state index in [2.05, 4.69) is 5.10 Å². The SMILES string of the molecule is NS(=O)(=O)c1ccccc1-n1nc(CF)cc1-c1ccccc1. The van der Waals surface area contributed by atoms with Gasteiger partial charge in [-0.05, 0) is 18.2 Å². The van der Waals surface area contributed by atoms with Crippen LogP contribution in [0.2, 0.25) is 0 Å². The average Bonchev–Trinajstić information content (AvgIpc) is 2.99. The molecule has 0 aliphatic heterocycles. The first-order valence-corrected chi connectivity index (χ1v) is 8.38. The number of nitrogens with two attached hydrogens (primary N) is 1. The first kappa shape index (κ1) is 15.4. The minimum absolute atomic E-state index is 0.0642. The lowest BCUT2D eigenvalue weighted by Crippen LogP contribution is -2.16. The van der Waals surface area contributed by atoms with Gasteiger partial charge in [-0.1, -0.05) is 42.5 Å². The minimum atomic E-state index is -3.93. The van der Waals surface area contributed by atoms with Crippen LogP contribution in [0.25, 0.3) is 16.9 Å². The number of rotatable bonds is 4. The third kappa shape index (κ3) is 3.01. The molecule has 118 valence electrons. The molecular weight excluding hydrogens is 317 g/mol. The van der Waals surface area contributed by atoms with E-state index in [-0.39, 0.29) is 16.3 Å². The Morgan fingerprint density at radius 3 is 2.35 bits per heavy atom. The molecule has 3 aromatic rings. The highest BCUT2D eigenvalue weighted by Crippen LogP contribution is 2.27. The summed E-state index contributed by atoms with van der Waals surface area (Å²) in [4.78, 5) is -0.0642. The molecule has 1 aromatic heterocycles. The van der Waals surface area contributed by atoms with E-state index in [1.165, 1.54) is 10.7 Å². The van der Waals surface area contributed by atoms with Gasteiger partial charge in [-0.15, -0.1) is 0 Å². The zero-order valence-electron chi connectivity index (χ0n) is 12.1. The summed E-state index contributed by atoms with van der Waals surface area (Å²) in [5.41, 5.74) is 1.89. The lowest BCUT2D eigenvalue weighted by Gasteiger charge is -2.11. The average molecular weight is 331 g/mol. The summed E-state index contributed by atoms with van der Waals surface area (Å²) in [5, 5.41) is 9.45. The van der Waals surface area contributed by atoms with Gasteiger partial charge >= 0.3 is 0 Å². The molecule has 0 saturated heterocycles. The first-order valence-electron chi connectivity index (χ1n) is 6.83. The maximum absolute atomic E-state index is 13.1. The maximum atomic E-state index is 13.1. The Bertz CT molecular complexity index is 937. The van der Waals surface area contributed by atoms with Crippen LogP contribution in [-0.4, -0.2) is 18.2 Å². The molecule has 1 heterocycles. The van der Waals surface area contributed by atoms with Crippen LogP contribution in [0.15, 0.2) is 65.6 Å². The Hall–Kier alpha value is -2.51. The van der Waals surface area contributed by atoms with Crippen molar-refractivity contribution in [3.8, 4) is 16.9 Å². The number of benzene rings is 2. The van der Waals surface area contributed by atoms with Crippen molar-refractivity contribution in [2.75, 3.05) is 0 Å². The van der Waals surface area contributed by atoms with Crippen LogP contribution in [-0.2, 0) is 16.7 Å². The smallest absolute Gasteiger partial charge is 0.240 e. The highest BCUT2D eigenvalue weighted by Gasteiger charge is 2.19. The van der Waals surface area contributed by atoms with E-state index in [0.29, 0.717) is 5.69 Å². The Kier molecular flexibility index (Phi) is 3.97. The fourth-order valence-electron chi connectivity index (χ4n) is 2.37. The number of primary sulfonamides is 1. The van der Waals surface area contributed by atoms with Crippen molar-refractivity contribution in [3.63, 3.8) is 0 Å². The van der Waals surface area contributed by atoms with E-state index in [1.54, 1.807) is 24.3 Å². The van der Waals surface area contributed by atoms with Crippen LogP contribution in [0, 0.1) is 0 Å². The lowest BCUT2D eigenvalue weighted by atomic mass is 10.1. The van der Waals surface area contributed by atoms with Gasteiger partial charge in [-0.3, -0.25) is 0 Å². The van der Waals surface area contributed by atoms with Crippen molar-refractivity contribution in [2.45, 2.75) is 11.6 Å². The molecule has 7 heteroatoms. The third-order valence-electron chi connectivity index (χ3n) is 3.37. The molecule has 23 heavy (non-hydrogen) atoms. The molecule has 0 radical (unpaired) electrons. The van der Waals surface area contributed by atoms with Crippen LogP contribution >= 0.6 is 0 Å². The molecule has 0 unspecified atom stereocenters. The first-order chi connectivity index (χ1) is 11.0. The lowest BCUT2D eigenvalue weighted by molar-refractivity contribution is 0.473. The van der Waals surface area contributed by atoms with E-state index in [9.17, 15) is 12.8 Å². The molecule has 0 amide bonds. The van der Waals surface area contributed by atoms with Gasteiger partial charge in [0.2, 0.25) is 10.0 Å². The number of hydrogen-bond donors (Lipinski definition) is 1. The zero-order valence-corrected chi connectivity index (χ0v) is 12.9. The predicted molar refractivity (Wildman–Crippen MR) is 85.2 cm³/mol. The summed E-state index contributed by atoms with van der Waals surface area (Å²) >= 11 is 0. The molecular formula is C16H14FN3O2S. The Morgan fingerprint density at radius 2 is 1.70 bits per heavy atom. The molecule has 0 atom stereocenters. The summed E-state index contributed by atoms with van der Waals surface area (Å²) in [5.74, 6) is 0. The number of nitrogens with zero attached hydrogens (tertiary/aromatic N) is 2. The van der Waals surface area contributed by atoms with Crippen molar-refractivity contribution in [2.24, 2.45) is 5.14 Å². The van der Waals surface area contributed by atoms with Crippen LogP contribution in [0.4, 0.5) is 4.39 Å². The molecule has 2 N–H and O–H groups in total. The summed E-state index contributed by atoms with van der Waals surface area (Å²) < 4.78 is 38.1. The van der Waals surface area contributed by atoms with Crippen molar-refractivity contribution in [3.05, 3.63) is 66.4 Å². The quantitative estimate of drug-likeness (QED) is 0.798. The highest BCUT2D eigenvalue weighted by molar-refractivity contribution is 7.89. The van der Waals surface area contributed by atoms with Gasteiger partial charge in [-0.2, -0.15) is 5.10 Å². The molecule has 0 aliphatic rings. The van der Waals surface area contributed by atoms with Gasteiger partial charge in [0, 0.05) is 5.56 Å². The minimum Gasteiger partial charge on any atom is -0.244 e. The van der Waals surface area contributed by atoms with E-state index in [0.717, 1.165) is 5.56 Å².